The number of hydrogen-bond donors (Lipinski definition) is 1. The van der Waals surface area contributed by atoms with Crippen LogP contribution in [0, 0.1) is 5.92 Å². The monoisotopic (exact) mass is 263 g/mol. The molecule has 1 fully saturated rings. The third-order valence-electron chi connectivity index (χ3n) is 3.64. The second kappa shape index (κ2) is 7.39. The molecule has 2 unspecified atom stereocenters. The average molecular weight is 263 g/mol. The zero-order valence-corrected chi connectivity index (χ0v) is 12.0. The Morgan fingerprint density at radius 1 is 1.16 bits per heavy atom. The van der Waals surface area contributed by atoms with Crippen molar-refractivity contribution in [2.75, 3.05) is 19.8 Å². The molecule has 1 saturated carbocycles. The zero-order chi connectivity index (χ0) is 13.5. The zero-order valence-electron chi connectivity index (χ0n) is 12.0. The first kappa shape index (κ1) is 14.2. The fourth-order valence-electron chi connectivity index (χ4n) is 2.66. The van der Waals surface area contributed by atoms with Crippen LogP contribution in [0.1, 0.15) is 33.1 Å². The minimum atomic E-state index is 0.665. The lowest BCUT2D eigenvalue weighted by atomic mass is 10.1. The fourth-order valence-corrected chi connectivity index (χ4v) is 2.66. The van der Waals surface area contributed by atoms with E-state index < -0.39 is 0 Å². The molecule has 0 amide bonds. The summed E-state index contributed by atoms with van der Waals surface area (Å²) in [5.74, 6) is 2.54. The maximum Gasteiger partial charge on any atom is 0.161 e. The number of hydrogen-bond acceptors (Lipinski definition) is 3. The van der Waals surface area contributed by atoms with Gasteiger partial charge in [-0.05, 0) is 44.2 Å². The quantitative estimate of drug-likeness (QED) is 0.766. The number of rotatable bonds is 7. The number of para-hydroxylation sites is 2. The molecule has 0 bridgehead atoms. The molecule has 2 atom stereocenters. The maximum atomic E-state index is 5.79. The molecule has 1 N–H and O–H groups in total. The molecule has 19 heavy (non-hydrogen) atoms. The predicted molar refractivity (Wildman–Crippen MR) is 77.9 cm³/mol. The molecule has 0 aromatic heterocycles. The van der Waals surface area contributed by atoms with Gasteiger partial charge in [-0.25, -0.2) is 0 Å². The summed E-state index contributed by atoms with van der Waals surface area (Å²) in [6.45, 7) is 6.57. The maximum absolute atomic E-state index is 5.79. The van der Waals surface area contributed by atoms with Gasteiger partial charge in [0.25, 0.3) is 0 Å². The van der Waals surface area contributed by atoms with Gasteiger partial charge in [-0.1, -0.05) is 19.1 Å². The van der Waals surface area contributed by atoms with E-state index in [9.17, 15) is 0 Å². The number of ether oxygens (including phenoxy) is 2. The van der Waals surface area contributed by atoms with E-state index in [1.165, 1.54) is 19.3 Å². The van der Waals surface area contributed by atoms with Crippen LogP contribution in [0.15, 0.2) is 24.3 Å². The highest BCUT2D eigenvalue weighted by Gasteiger charge is 2.20. The van der Waals surface area contributed by atoms with E-state index in [0.717, 1.165) is 24.0 Å². The lowest BCUT2D eigenvalue weighted by Gasteiger charge is -2.14. The Hall–Kier alpha value is -1.22. The highest BCUT2D eigenvalue weighted by atomic mass is 16.5. The van der Waals surface area contributed by atoms with Crippen molar-refractivity contribution in [2.24, 2.45) is 5.92 Å². The molecule has 0 saturated heterocycles. The molecule has 0 heterocycles. The van der Waals surface area contributed by atoms with Gasteiger partial charge in [0.2, 0.25) is 0 Å². The van der Waals surface area contributed by atoms with Crippen molar-refractivity contribution >= 4 is 0 Å². The smallest absolute Gasteiger partial charge is 0.161 e. The predicted octanol–water partition coefficient (Wildman–Crippen LogP) is 3.24. The summed E-state index contributed by atoms with van der Waals surface area (Å²) in [5, 5.41) is 3.57. The summed E-state index contributed by atoms with van der Waals surface area (Å²) in [7, 11) is 0. The van der Waals surface area contributed by atoms with E-state index in [-0.39, 0.29) is 0 Å². The van der Waals surface area contributed by atoms with Gasteiger partial charge < -0.3 is 14.8 Å². The topological polar surface area (TPSA) is 30.5 Å². The highest BCUT2D eigenvalue weighted by Crippen LogP contribution is 2.26. The lowest BCUT2D eigenvalue weighted by molar-refractivity contribution is 0.271. The second-order valence-corrected chi connectivity index (χ2v) is 5.30. The van der Waals surface area contributed by atoms with Crippen LogP contribution < -0.4 is 14.8 Å². The van der Waals surface area contributed by atoms with Crippen molar-refractivity contribution < 1.29 is 9.47 Å². The molecular formula is C16H25NO2. The Morgan fingerprint density at radius 2 is 1.89 bits per heavy atom. The Balaban J connectivity index is 1.70. The van der Waals surface area contributed by atoms with Crippen LogP contribution >= 0.6 is 0 Å². The van der Waals surface area contributed by atoms with Crippen LogP contribution in [0.25, 0.3) is 0 Å². The van der Waals surface area contributed by atoms with E-state index in [1.54, 1.807) is 0 Å². The number of nitrogens with one attached hydrogen (secondary N) is 1. The Morgan fingerprint density at radius 3 is 2.53 bits per heavy atom. The molecule has 1 aromatic carbocycles. The molecule has 106 valence electrons. The summed E-state index contributed by atoms with van der Waals surface area (Å²) in [6.07, 6.45) is 3.96. The van der Waals surface area contributed by atoms with Crippen LogP contribution in [0.4, 0.5) is 0 Å². The minimum absolute atomic E-state index is 0.665. The van der Waals surface area contributed by atoms with Crippen LogP contribution in [0.3, 0.4) is 0 Å². The summed E-state index contributed by atoms with van der Waals surface area (Å²) >= 11 is 0. The Bertz CT molecular complexity index is 381. The third kappa shape index (κ3) is 4.43. The molecular weight excluding hydrogens is 238 g/mol. The SMILES string of the molecule is CCOc1ccccc1OCCNC1CCC(C)C1. The van der Waals surface area contributed by atoms with E-state index in [1.807, 2.05) is 31.2 Å². The van der Waals surface area contributed by atoms with Crippen LogP contribution in [-0.2, 0) is 0 Å². The molecule has 1 aromatic rings. The van der Waals surface area contributed by atoms with Gasteiger partial charge in [0, 0.05) is 12.6 Å². The van der Waals surface area contributed by atoms with Crippen molar-refractivity contribution in [1.82, 2.24) is 5.32 Å². The number of benzene rings is 1. The lowest BCUT2D eigenvalue weighted by Crippen LogP contribution is -2.30. The van der Waals surface area contributed by atoms with Crippen molar-refractivity contribution in [1.29, 1.82) is 0 Å². The van der Waals surface area contributed by atoms with Crippen molar-refractivity contribution in [3.05, 3.63) is 24.3 Å². The van der Waals surface area contributed by atoms with Crippen molar-refractivity contribution in [3.63, 3.8) is 0 Å². The van der Waals surface area contributed by atoms with Crippen molar-refractivity contribution in [3.8, 4) is 11.5 Å². The first-order chi connectivity index (χ1) is 9.29. The molecule has 1 aliphatic rings. The normalized spacial score (nSPS) is 22.4. The van der Waals surface area contributed by atoms with Gasteiger partial charge in [-0.2, -0.15) is 0 Å². The first-order valence-corrected chi connectivity index (χ1v) is 7.37. The standard InChI is InChI=1S/C16H25NO2/c1-3-18-15-6-4-5-7-16(15)19-11-10-17-14-9-8-13(2)12-14/h4-7,13-14,17H,3,8-12H2,1-2H3. The largest absolute Gasteiger partial charge is 0.490 e. The molecule has 0 spiro atoms. The summed E-state index contributed by atoms with van der Waals surface area (Å²) in [6, 6.07) is 8.54. The summed E-state index contributed by atoms with van der Waals surface area (Å²) in [4.78, 5) is 0. The van der Waals surface area contributed by atoms with Gasteiger partial charge in [0.1, 0.15) is 6.61 Å². The average Bonchev–Trinajstić information content (AvgIpc) is 2.83. The van der Waals surface area contributed by atoms with Crippen molar-refractivity contribution in [2.45, 2.75) is 39.2 Å². The van der Waals surface area contributed by atoms with E-state index in [4.69, 9.17) is 9.47 Å². The van der Waals surface area contributed by atoms with Gasteiger partial charge >= 0.3 is 0 Å². The van der Waals surface area contributed by atoms with Crippen LogP contribution in [0.5, 0.6) is 11.5 Å². The summed E-state index contributed by atoms with van der Waals surface area (Å²) < 4.78 is 11.3. The molecule has 0 aliphatic heterocycles. The molecule has 3 heteroatoms. The molecule has 2 rings (SSSR count). The summed E-state index contributed by atoms with van der Waals surface area (Å²) in [5.41, 5.74) is 0. The van der Waals surface area contributed by atoms with Crippen LogP contribution in [0.2, 0.25) is 0 Å². The molecule has 3 nitrogen and oxygen atoms in total. The van der Waals surface area contributed by atoms with Gasteiger partial charge in [-0.3, -0.25) is 0 Å². The minimum Gasteiger partial charge on any atom is -0.490 e. The van der Waals surface area contributed by atoms with Crippen LogP contribution in [-0.4, -0.2) is 25.8 Å². The molecule has 1 aliphatic carbocycles. The molecule has 0 radical (unpaired) electrons. The third-order valence-corrected chi connectivity index (χ3v) is 3.64. The van der Waals surface area contributed by atoms with E-state index in [2.05, 4.69) is 12.2 Å². The Labute approximate surface area is 116 Å². The first-order valence-electron chi connectivity index (χ1n) is 7.37. The van der Waals surface area contributed by atoms with E-state index >= 15 is 0 Å². The Kier molecular flexibility index (Phi) is 5.52. The van der Waals surface area contributed by atoms with Gasteiger partial charge in [0.15, 0.2) is 11.5 Å². The fraction of sp³-hybridized carbons (Fsp3) is 0.625. The van der Waals surface area contributed by atoms with Gasteiger partial charge in [0.05, 0.1) is 6.61 Å². The highest BCUT2D eigenvalue weighted by molar-refractivity contribution is 5.39. The second-order valence-electron chi connectivity index (χ2n) is 5.30. The van der Waals surface area contributed by atoms with Gasteiger partial charge in [-0.15, -0.1) is 0 Å². The van der Waals surface area contributed by atoms with E-state index in [0.29, 0.717) is 19.3 Å².